The predicted octanol–water partition coefficient (Wildman–Crippen LogP) is 6.23. The third-order valence-corrected chi connectivity index (χ3v) is 15.2. The number of pyridine rings is 1. The minimum absolute atomic E-state index is 0.0141. The lowest BCUT2D eigenvalue weighted by atomic mass is 9.85. The maximum Gasteiger partial charge on any atom is 0.408 e. The number of esters is 1. The number of aromatic nitrogens is 2. The number of amides is 3. The van der Waals surface area contributed by atoms with E-state index in [1.54, 1.807) is 12.1 Å². The molecule has 2 saturated heterocycles. The van der Waals surface area contributed by atoms with Crippen molar-refractivity contribution in [1.82, 2.24) is 35.3 Å². The fourth-order valence-corrected chi connectivity index (χ4v) is 11.1. The number of halogens is 1. The number of likely N-dealkylation sites (tertiary alicyclic amines) is 1. The van der Waals surface area contributed by atoms with E-state index in [1.807, 2.05) is 52.1 Å². The van der Waals surface area contributed by atoms with Gasteiger partial charge in [-0.2, -0.15) is 0 Å². The van der Waals surface area contributed by atoms with Gasteiger partial charge in [-0.3, -0.25) is 14.5 Å². The van der Waals surface area contributed by atoms with Crippen molar-refractivity contribution < 1.29 is 38.1 Å². The van der Waals surface area contributed by atoms with Crippen LogP contribution in [0.5, 0.6) is 11.5 Å². The second-order valence-corrected chi connectivity index (χ2v) is 21.5. The molecule has 3 aliphatic carbocycles. The predicted molar refractivity (Wildman–Crippen MR) is 254 cm³/mol. The van der Waals surface area contributed by atoms with Gasteiger partial charge in [-0.25, -0.2) is 19.6 Å². The maximum atomic E-state index is 14.9. The molecular formula is C48H65ClN8O8S. The van der Waals surface area contributed by atoms with E-state index in [2.05, 4.69) is 46.3 Å². The molecule has 4 unspecified atom stereocenters. The van der Waals surface area contributed by atoms with Gasteiger partial charge in [0.25, 0.3) is 0 Å². The Kier molecular flexibility index (Phi) is 13.8. The maximum absolute atomic E-state index is 14.9. The zero-order valence-corrected chi connectivity index (χ0v) is 40.9. The van der Waals surface area contributed by atoms with E-state index in [0.29, 0.717) is 69.6 Å². The number of rotatable bonds is 16. The minimum atomic E-state index is -1.31. The van der Waals surface area contributed by atoms with Gasteiger partial charge in [0.05, 0.1) is 24.9 Å². The quantitative estimate of drug-likeness (QED) is 0.109. The van der Waals surface area contributed by atoms with E-state index >= 15 is 0 Å². The van der Waals surface area contributed by atoms with Crippen molar-refractivity contribution in [3.63, 3.8) is 0 Å². The number of hydrogen-bond acceptors (Lipinski definition) is 14. The third kappa shape index (κ3) is 10.1. The standard InChI is InChI=1S/C48H65ClN8O8S/c1-10-28-23-48(28,44(60)62-9)54-42(58)36-21-30(24-57(36)43(59)41(47(5,6)7)53-46(61)65-29-19-32-27(4)33(32)20-29)64-38-22-34(35-25-66-45(52-35)50-26(2)3)51-40-31(38)11-12-37(39(40)49)63-18-17-56-15-13-55(8)14-16-56/h10-12,22,25-30,32-33,36,41H,1,13-21,23-24H2,2-9H3,(H,50,52)(H,53,61)(H,54,58)/t27?,28-,29?,30?,32-,33+,36+,41-,48?/m1/s1. The number of carbonyl (C=O) groups is 4. The summed E-state index contributed by atoms with van der Waals surface area (Å²) in [5.74, 6) is 0.732. The molecule has 0 radical (unpaired) electrons. The number of likely N-dealkylation sites (N-methyl/N-ethyl adjacent to an activating group) is 1. The van der Waals surface area contributed by atoms with Crippen LogP contribution in [0.25, 0.3) is 22.3 Å². The van der Waals surface area contributed by atoms with Crippen LogP contribution < -0.4 is 25.4 Å². The topological polar surface area (TPSA) is 177 Å². The number of benzene rings is 1. The van der Waals surface area contributed by atoms with Crippen LogP contribution in [0.15, 0.2) is 36.2 Å². The van der Waals surface area contributed by atoms with Crippen molar-refractivity contribution in [1.29, 1.82) is 0 Å². The van der Waals surface area contributed by atoms with Crippen molar-refractivity contribution in [2.75, 3.05) is 65.3 Å². The molecule has 18 heteroatoms. The molecule has 3 amide bonds. The summed E-state index contributed by atoms with van der Waals surface area (Å²) in [6.45, 7) is 20.8. The number of anilines is 1. The molecule has 3 saturated carbocycles. The molecule has 16 nitrogen and oxygen atoms in total. The number of nitrogens with one attached hydrogen (secondary N) is 3. The molecule has 3 aromatic rings. The van der Waals surface area contributed by atoms with Crippen molar-refractivity contribution in [3.05, 3.63) is 41.3 Å². The fraction of sp³-hybridized carbons (Fsp3) is 0.625. The first-order chi connectivity index (χ1) is 31.4. The van der Waals surface area contributed by atoms with Gasteiger partial charge in [-0.05, 0) is 75.5 Å². The summed E-state index contributed by atoms with van der Waals surface area (Å²) in [6.07, 6.45) is 2.02. The highest BCUT2D eigenvalue weighted by atomic mass is 35.5. The summed E-state index contributed by atoms with van der Waals surface area (Å²) in [4.78, 5) is 72.0. The molecule has 66 heavy (non-hydrogen) atoms. The average molecular weight is 950 g/mol. The number of ether oxygens (including phenoxy) is 4. The molecule has 5 fully saturated rings. The summed E-state index contributed by atoms with van der Waals surface area (Å²) >= 11 is 8.62. The summed E-state index contributed by atoms with van der Waals surface area (Å²) in [6, 6.07) is 3.48. The van der Waals surface area contributed by atoms with E-state index in [0.717, 1.165) is 50.7 Å². The highest BCUT2D eigenvalue weighted by molar-refractivity contribution is 7.14. The SMILES string of the molecule is C=C[C@@H]1CC1(NC(=O)[C@@H]1CC(Oc2cc(-c3csc(NC(C)C)n3)nc3c(Cl)c(OCCN4CCN(C)CC4)ccc23)CN1C(=O)[C@@H](NC(=O)OC1C[C@@H]2C(C)[C@@H]2C1)C(C)(C)C)C(=O)OC. The van der Waals surface area contributed by atoms with Crippen LogP contribution in [0.3, 0.4) is 0 Å². The lowest BCUT2D eigenvalue weighted by molar-refractivity contribution is -0.148. The summed E-state index contributed by atoms with van der Waals surface area (Å²) in [5, 5.41) is 12.7. The number of nitrogens with zero attached hydrogens (tertiary/aromatic N) is 5. The molecular weight excluding hydrogens is 884 g/mol. The molecule has 4 heterocycles. The summed E-state index contributed by atoms with van der Waals surface area (Å²) < 4.78 is 24.1. The van der Waals surface area contributed by atoms with Gasteiger partial charge in [0.1, 0.15) is 58.7 Å². The molecule has 9 atom stereocenters. The zero-order chi connectivity index (χ0) is 47.2. The van der Waals surface area contributed by atoms with Gasteiger partial charge < -0.3 is 44.7 Å². The molecule has 0 spiro atoms. The first-order valence-electron chi connectivity index (χ1n) is 23.3. The molecule has 3 N–H and O–H groups in total. The van der Waals surface area contributed by atoms with Gasteiger partial charge in [0.2, 0.25) is 11.8 Å². The average Bonchev–Trinajstić information content (AvgIpc) is 3.75. The minimum Gasteiger partial charge on any atom is -0.491 e. The Balaban J connectivity index is 1.09. The Morgan fingerprint density at radius 3 is 2.41 bits per heavy atom. The lowest BCUT2D eigenvalue weighted by Crippen LogP contribution is -2.59. The second-order valence-electron chi connectivity index (χ2n) is 20.2. The number of thiazole rings is 1. The van der Waals surface area contributed by atoms with E-state index in [-0.39, 0.29) is 31.0 Å². The van der Waals surface area contributed by atoms with Crippen molar-refractivity contribution >= 4 is 62.8 Å². The molecule has 0 bridgehead atoms. The van der Waals surface area contributed by atoms with Crippen LogP contribution in [-0.2, 0) is 23.9 Å². The third-order valence-electron chi connectivity index (χ3n) is 14.1. The first-order valence-corrected chi connectivity index (χ1v) is 24.5. The van der Waals surface area contributed by atoms with Gasteiger partial charge in [0.15, 0.2) is 5.13 Å². The Hall–Kier alpha value is -4.71. The Morgan fingerprint density at radius 1 is 1.03 bits per heavy atom. The van der Waals surface area contributed by atoms with E-state index < -0.39 is 53.0 Å². The van der Waals surface area contributed by atoms with Crippen LogP contribution >= 0.6 is 22.9 Å². The van der Waals surface area contributed by atoms with Crippen molar-refractivity contribution in [3.8, 4) is 22.9 Å². The number of hydrogen-bond donors (Lipinski definition) is 3. The Bertz CT molecular complexity index is 2320. The number of carbonyl (C=O) groups excluding carboxylic acids is 4. The van der Waals surface area contributed by atoms with Crippen molar-refractivity contribution in [2.24, 2.45) is 29.1 Å². The van der Waals surface area contributed by atoms with E-state index in [1.165, 1.54) is 23.3 Å². The van der Waals surface area contributed by atoms with Crippen LogP contribution in [0.1, 0.15) is 67.2 Å². The van der Waals surface area contributed by atoms with Gasteiger partial charge in [0, 0.05) is 67.9 Å². The van der Waals surface area contributed by atoms with Crippen molar-refractivity contribution in [2.45, 2.75) is 103 Å². The molecule has 5 aliphatic rings. The van der Waals surface area contributed by atoms with Crippen LogP contribution in [-0.4, -0.2) is 144 Å². The number of alkyl carbamates (subject to hydrolysis) is 1. The van der Waals surface area contributed by atoms with Gasteiger partial charge in [-0.15, -0.1) is 17.9 Å². The molecule has 2 aromatic heterocycles. The zero-order valence-electron chi connectivity index (χ0n) is 39.4. The highest BCUT2D eigenvalue weighted by Crippen LogP contribution is 2.57. The summed E-state index contributed by atoms with van der Waals surface area (Å²) in [5.41, 5.74) is -0.524. The van der Waals surface area contributed by atoms with Gasteiger partial charge >= 0.3 is 12.1 Å². The molecule has 8 rings (SSSR count). The van der Waals surface area contributed by atoms with Gasteiger partial charge in [-0.1, -0.05) is 45.4 Å². The summed E-state index contributed by atoms with van der Waals surface area (Å²) in [7, 11) is 3.40. The Morgan fingerprint density at radius 2 is 1.76 bits per heavy atom. The Labute approximate surface area is 396 Å². The van der Waals surface area contributed by atoms with Crippen LogP contribution in [0, 0.1) is 29.1 Å². The monoisotopic (exact) mass is 948 g/mol. The van der Waals surface area contributed by atoms with Crippen LogP contribution in [0.4, 0.5) is 9.93 Å². The smallest absolute Gasteiger partial charge is 0.408 e. The van der Waals surface area contributed by atoms with E-state index in [9.17, 15) is 19.2 Å². The van der Waals surface area contributed by atoms with E-state index in [4.69, 9.17) is 40.5 Å². The number of methoxy groups -OCH3 is 1. The van der Waals surface area contributed by atoms with Crippen LogP contribution in [0.2, 0.25) is 5.02 Å². The molecule has 358 valence electrons. The second kappa shape index (κ2) is 19.1. The number of piperazine rings is 1. The first kappa shape index (κ1) is 47.8. The number of fused-ring (bicyclic) bond motifs is 2. The largest absolute Gasteiger partial charge is 0.491 e. The fourth-order valence-electron chi connectivity index (χ4n) is 9.98. The normalized spacial score (nSPS) is 27.8. The molecule has 1 aromatic carbocycles. The highest BCUT2D eigenvalue weighted by Gasteiger charge is 2.62. The molecule has 2 aliphatic heterocycles. The lowest BCUT2D eigenvalue weighted by Gasteiger charge is -2.35.